The summed E-state index contributed by atoms with van der Waals surface area (Å²) in [5.74, 6) is -0.316. The normalized spacial score (nSPS) is 13.6. The van der Waals surface area contributed by atoms with E-state index in [9.17, 15) is 21.6 Å². The first kappa shape index (κ1) is 18.0. The molecule has 0 radical (unpaired) electrons. The molecule has 0 atom stereocenters. The number of halogens is 3. The minimum absolute atomic E-state index is 0.153. The van der Waals surface area contributed by atoms with Gasteiger partial charge in [0.1, 0.15) is 5.75 Å². The van der Waals surface area contributed by atoms with Crippen LogP contribution in [0.1, 0.15) is 25.3 Å². The van der Waals surface area contributed by atoms with Crippen molar-refractivity contribution in [1.29, 1.82) is 0 Å². The van der Waals surface area contributed by atoms with Gasteiger partial charge in [-0.05, 0) is 16.7 Å². The third-order valence-corrected chi connectivity index (χ3v) is 5.91. The number of para-hydroxylation sites is 1. The van der Waals surface area contributed by atoms with Gasteiger partial charge in [0.2, 0.25) is 0 Å². The summed E-state index contributed by atoms with van der Waals surface area (Å²) in [6.45, 7) is 9.30. The molecule has 3 nitrogen and oxygen atoms in total. The molecule has 0 aromatic heterocycles. The van der Waals surface area contributed by atoms with Crippen molar-refractivity contribution < 1.29 is 25.8 Å². The lowest BCUT2D eigenvalue weighted by Gasteiger charge is -2.24. The van der Waals surface area contributed by atoms with Crippen molar-refractivity contribution in [2.24, 2.45) is 0 Å². The zero-order valence-electron chi connectivity index (χ0n) is 12.6. The molecule has 1 aromatic rings. The molecule has 0 heterocycles. The van der Waals surface area contributed by atoms with Crippen LogP contribution < -0.4 is 9.37 Å². The average molecular weight is 340 g/mol. The Kier molecular flexibility index (Phi) is 4.84. The minimum atomic E-state index is -5.67. The summed E-state index contributed by atoms with van der Waals surface area (Å²) in [4.78, 5) is 0. The summed E-state index contributed by atoms with van der Waals surface area (Å²) in [6.07, 6.45) is 0. The molecule has 0 fully saturated rings. The van der Waals surface area contributed by atoms with E-state index in [4.69, 9.17) is 0 Å². The third kappa shape index (κ3) is 4.00. The van der Waals surface area contributed by atoms with E-state index in [2.05, 4.69) is 4.18 Å². The molecule has 1 aromatic carbocycles. The number of rotatable bonds is 4. The fourth-order valence-electron chi connectivity index (χ4n) is 1.85. The summed E-state index contributed by atoms with van der Waals surface area (Å²) in [6, 6.07) is 4.95. The number of hydrogen-bond donors (Lipinski definition) is 0. The third-order valence-electron chi connectivity index (χ3n) is 2.95. The van der Waals surface area contributed by atoms with Crippen LogP contribution in [0, 0.1) is 0 Å². The summed E-state index contributed by atoms with van der Waals surface area (Å²) in [5, 5.41) is 0.557. The second-order valence-corrected chi connectivity index (χ2v) is 12.7. The van der Waals surface area contributed by atoms with Gasteiger partial charge in [-0.2, -0.15) is 21.6 Å². The lowest BCUT2D eigenvalue weighted by molar-refractivity contribution is -0.0500. The molecule has 0 amide bonds. The van der Waals surface area contributed by atoms with Crippen LogP contribution in [0.5, 0.6) is 5.75 Å². The molecule has 0 aliphatic heterocycles. The molecule has 0 bridgehead atoms. The number of benzene rings is 1. The topological polar surface area (TPSA) is 43.4 Å². The van der Waals surface area contributed by atoms with Crippen LogP contribution in [0.3, 0.4) is 0 Å². The van der Waals surface area contributed by atoms with E-state index in [1.54, 1.807) is 32.0 Å². The summed E-state index contributed by atoms with van der Waals surface area (Å²) < 4.78 is 64.9. The standard InChI is InChI=1S/C13H19F3O3SSi/c1-9(2)10-7-6-8-11(21(3,4)5)12(10)19-20(17,18)13(14,15)16/h6-9H,1-5H3. The Morgan fingerprint density at radius 2 is 1.67 bits per heavy atom. The molecule has 120 valence electrons. The number of alkyl halides is 3. The first-order valence-corrected chi connectivity index (χ1v) is 11.3. The van der Waals surface area contributed by atoms with Crippen LogP contribution in [-0.2, 0) is 10.1 Å². The molecular weight excluding hydrogens is 321 g/mol. The SMILES string of the molecule is CC(C)c1cccc([Si](C)(C)C)c1OS(=O)(=O)C(F)(F)F. The predicted octanol–water partition coefficient (Wildman–Crippen LogP) is 3.58. The van der Waals surface area contributed by atoms with Crippen molar-refractivity contribution in [3.05, 3.63) is 23.8 Å². The molecule has 0 aliphatic rings. The largest absolute Gasteiger partial charge is 0.534 e. The van der Waals surface area contributed by atoms with Gasteiger partial charge in [0.05, 0.1) is 8.07 Å². The molecule has 0 spiro atoms. The van der Waals surface area contributed by atoms with Gasteiger partial charge in [-0.3, -0.25) is 0 Å². The van der Waals surface area contributed by atoms with Crippen molar-refractivity contribution in [1.82, 2.24) is 0 Å². The van der Waals surface area contributed by atoms with Crippen molar-refractivity contribution in [2.45, 2.75) is 44.9 Å². The fraction of sp³-hybridized carbons (Fsp3) is 0.538. The average Bonchev–Trinajstić information content (AvgIpc) is 2.25. The smallest absolute Gasteiger partial charge is 0.376 e. The van der Waals surface area contributed by atoms with E-state index in [1.165, 1.54) is 0 Å². The van der Waals surface area contributed by atoms with E-state index >= 15 is 0 Å². The van der Waals surface area contributed by atoms with Gasteiger partial charge < -0.3 is 4.18 Å². The number of hydrogen-bond acceptors (Lipinski definition) is 3. The minimum Gasteiger partial charge on any atom is -0.376 e. The molecule has 1 rings (SSSR count). The van der Waals surface area contributed by atoms with Crippen LogP contribution >= 0.6 is 0 Å². The van der Waals surface area contributed by atoms with Gasteiger partial charge in [-0.1, -0.05) is 51.7 Å². The predicted molar refractivity (Wildman–Crippen MR) is 79.1 cm³/mol. The Balaban J connectivity index is 3.53. The first-order valence-electron chi connectivity index (χ1n) is 6.41. The van der Waals surface area contributed by atoms with Crippen LogP contribution in [0.25, 0.3) is 0 Å². The Labute approximate surface area is 124 Å². The highest BCUT2D eigenvalue weighted by Gasteiger charge is 2.49. The second-order valence-electron chi connectivity index (χ2n) is 6.11. The highest BCUT2D eigenvalue weighted by Crippen LogP contribution is 2.32. The Morgan fingerprint density at radius 3 is 2.05 bits per heavy atom. The molecule has 21 heavy (non-hydrogen) atoms. The van der Waals surface area contributed by atoms with Crippen molar-refractivity contribution in [3.63, 3.8) is 0 Å². The van der Waals surface area contributed by atoms with Crippen LogP contribution in [0.15, 0.2) is 18.2 Å². The van der Waals surface area contributed by atoms with E-state index in [0.29, 0.717) is 10.8 Å². The zero-order valence-corrected chi connectivity index (χ0v) is 14.4. The molecule has 0 N–H and O–H groups in total. The van der Waals surface area contributed by atoms with E-state index in [1.807, 2.05) is 19.6 Å². The Morgan fingerprint density at radius 1 is 1.14 bits per heavy atom. The molecular formula is C13H19F3O3SSi. The Bertz CT molecular complexity index is 617. The molecule has 0 unspecified atom stereocenters. The quantitative estimate of drug-likeness (QED) is 0.478. The van der Waals surface area contributed by atoms with Gasteiger partial charge >= 0.3 is 15.6 Å². The maximum atomic E-state index is 12.6. The lowest BCUT2D eigenvalue weighted by atomic mass is 10.0. The summed E-state index contributed by atoms with van der Waals surface area (Å²) in [5.41, 5.74) is -4.98. The van der Waals surface area contributed by atoms with E-state index in [-0.39, 0.29) is 11.7 Å². The zero-order chi connectivity index (χ0) is 16.6. The van der Waals surface area contributed by atoms with Crippen LogP contribution in [0.2, 0.25) is 19.6 Å². The van der Waals surface area contributed by atoms with E-state index in [0.717, 1.165) is 0 Å². The van der Waals surface area contributed by atoms with Gasteiger partial charge in [0.25, 0.3) is 0 Å². The maximum Gasteiger partial charge on any atom is 0.534 e. The van der Waals surface area contributed by atoms with Crippen LogP contribution in [-0.4, -0.2) is 22.0 Å². The second kappa shape index (κ2) is 5.64. The maximum absolute atomic E-state index is 12.6. The van der Waals surface area contributed by atoms with Crippen molar-refractivity contribution in [3.8, 4) is 5.75 Å². The molecule has 0 saturated carbocycles. The highest BCUT2D eigenvalue weighted by atomic mass is 32.2. The van der Waals surface area contributed by atoms with Gasteiger partial charge in [0, 0.05) is 0 Å². The molecule has 0 saturated heterocycles. The fourth-order valence-corrected chi connectivity index (χ4v) is 3.90. The van der Waals surface area contributed by atoms with Gasteiger partial charge in [-0.15, -0.1) is 0 Å². The van der Waals surface area contributed by atoms with E-state index < -0.39 is 23.7 Å². The monoisotopic (exact) mass is 340 g/mol. The highest BCUT2D eigenvalue weighted by molar-refractivity contribution is 7.88. The summed E-state index contributed by atoms with van der Waals surface area (Å²) in [7, 11) is -7.74. The van der Waals surface area contributed by atoms with Gasteiger partial charge in [-0.25, -0.2) is 0 Å². The van der Waals surface area contributed by atoms with Crippen molar-refractivity contribution >= 4 is 23.4 Å². The Hall–Kier alpha value is -1.02. The molecule has 0 aliphatic carbocycles. The van der Waals surface area contributed by atoms with Gasteiger partial charge in [0.15, 0.2) is 0 Å². The van der Waals surface area contributed by atoms with Crippen molar-refractivity contribution in [2.75, 3.05) is 0 Å². The van der Waals surface area contributed by atoms with Crippen LogP contribution in [0.4, 0.5) is 13.2 Å². The molecule has 8 heteroatoms. The lowest BCUT2D eigenvalue weighted by Crippen LogP contribution is -2.41. The summed E-state index contributed by atoms with van der Waals surface area (Å²) >= 11 is 0. The first-order chi connectivity index (χ1) is 9.27.